The fraction of sp³-hybridized carbons (Fsp3) is 0.667. The maximum Gasteiger partial charge on any atom is 0.282 e. The molecule has 190 valence electrons. The van der Waals surface area contributed by atoms with Crippen molar-refractivity contribution >= 4 is 35.3 Å². The van der Waals surface area contributed by atoms with Crippen LogP contribution in [-0.2, 0) is 40.0 Å². The molecule has 34 heavy (non-hydrogen) atoms. The topological polar surface area (TPSA) is 77.5 Å². The molecule has 0 aromatic heterocycles. The zero-order chi connectivity index (χ0) is 24.9. The van der Waals surface area contributed by atoms with Gasteiger partial charge in [0.25, 0.3) is 11.8 Å². The number of nitrogens with zero attached hydrogens (tertiary/aromatic N) is 2. The van der Waals surface area contributed by atoms with Crippen molar-refractivity contribution in [2.45, 2.75) is 47.4 Å². The van der Waals surface area contributed by atoms with Crippen LogP contribution in [0.1, 0.15) is 25.0 Å². The third-order valence-corrected chi connectivity index (χ3v) is 8.25. The molecule has 0 atom stereocenters. The van der Waals surface area contributed by atoms with Gasteiger partial charge in [-0.1, -0.05) is 24.3 Å². The van der Waals surface area contributed by atoms with Gasteiger partial charge in [-0.05, 0) is 25.0 Å². The second kappa shape index (κ2) is 11.6. The van der Waals surface area contributed by atoms with Gasteiger partial charge in [0, 0.05) is 39.7 Å². The van der Waals surface area contributed by atoms with Crippen molar-refractivity contribution in [3.8, 4) is 0 Å². The van der Waals surface area contributed by atoms with Crippen LogP contribution < -0.4 is 0 Å². The number of ether oxygens (including phenoxy) is 4. The Kier molecular flexibility index (Phi) is 9.33. The van der Waals surface area contributed by atoms with E-state index in [9.17, 15) is 9.59 Å². The molecule has 0 bridgehead atoms. The molecule has 0 unspecified atom stereocenters. The second-order valence-corrected chi connectivity index (χ2v) is 11.8. The number of hydrogen-bond acceptors (Lipinski definition) is 8. The molecule has 0 aliphatic carbocycles. The zero-order valence-electron chi connectivity index (χ0n) is 20.9. The summed E-state index contributed by atoms with van der Waals surface area (Å²) in [6.45, 7) is 5.31. The van der Waals surface area contributed by atoms with Crippen LogP contribution in [-0.4, -0.2) is 98.3 Å². The number of carbonyl (C=O) groups is 2. The predicted octanol–water partition coefficient (Wildman–Crippen LogP) is 2.59. The van der Waals surface area contributed by atoms with Crippen LogP contribution in [0.3, 0.4) is 0 Å². The fourth-order valence-electron chi connectivity index (χ4n) is 3.60. The van der Waals surface area contributed by atoms with Crippen LogP contribution in [0.5, 0.6) is 0 Å². The number of hydrogen-bond donors (Lipinski definition) is 0. The van der Waals surface area contributed by atoms with Crippen molar-refractivity contribution < 1.29 is 28.5 Å². The molecule has 2 aliphatic heterocycles. The monoisotopic (exact) mass is 512 g/mol. The van der Waals surface area contributed by atoms with Crippen LogP contribution in [0.2, 0.25) is 0 Å². The number of carbonyl (C=O) groups excluding carboxylic acids is 2. The zero-order valence-corrected chi connectivity index (χ0v) is 22.5. The Morgan fingerprint density at radius 2 is 1.03 bits per heavy atom. The number of benzene rings is 1. The van der Waals surface area contributed by atoms with E-state index in [0.717, 1.165) is 11.5 Å². The first-order valence-electron chi connectivity index (χ1n) is 11.3. The van der Waals surface area contributed by atoms with E-state index in [0.29, 0.717) is 26.4 Å². The minimum atomic E-state index is -1.19. The van der Waals surface area contributed by atoms with Crippen LogP contribution in [0, 0.1) is 0 Å². The van der Waals surface area contributed by atoms with Gasteiger partial charge in [-0.3, -0.25) is 9.59 Å². The van der Waals surface area contributed by atoms with Gasteiger partial charge in [0.15, 0.2) is 0 Å². The lowest BCUT2D eigenvalue weighted by molar-refractivity contribution is -0.248. The Morgan fingerprint density at radius 3 is 1.29 bits per heavy atom. The van der Waals surface area contributed by atoms with Crippen molar-refractivity contribution in [1.29, 1.82) is 0 Å². The van der Waals surface area contributed by atoms with Gasteiger partial charge in [-0.15, -0.1) is 23.5 Å². The Labute approximate surface area is 211 Å². The van der Waals surface area contributed by atoms with Gasteiger partial charge < -0.3 is 28.7 Å². The molecular formula is C24H36N2O6S2. The van der Waals surface area contributed by atoms with Crippen LogP contribution in [0.4, 0.5) is 0 Å². The Balaban J connectivity index is 1.38. The van der Waals surface area contributed by atoms with E-state index in [4.69, 9.17) is 18.9 Å². The first kappa shape index (κ1) is 27.3. The van der Waals surface area contributed by atoms with Crippen molar-refractivity contribution in [3.05, 3.63) is 35.4 Å². The molecule has 2 aliphatic rings. The fourth-order valence-corrected chi connectivity index (χ4v) is 5.50. The smallest absolute Gasteiger partial charge is 0.282 e. The van der Waals surface area contributed by atoms with E-state index >= 15 is 0 Å². The van der Waals surface area contributed by atoms with Gasteiger partial charge in [-0.25, -0.2) is 0 Å². The lowest BCUT2D eigenvalue weighted by atomic mass is 10.2. The van der Waals surface area contributed by atoms with Crippen LogP contribution >= 0.6 is 23.5 Å². The quantitative estimate of drug-likeness (QED) is 0.526. The average molecular weight is 513 g/mol. The molecule has 2 heterocycles. The van der Waals surface area contributed by atoms with E-state index < -0.39 is 11.6 Å². The highest BCUT2D eigenvalue weighted by atomic mass is 32.2. The molecule has 0 saturated carbocycles. The van der Waals surface area contributed by atoms with Gasteiger partial charge in [-0.2, -0.15) is 0 Å². The highest BCUT2D eigenvalue weighted by molar-refractivity contribution is 7.99. The first-order chi connectivity index (χ1) is 16.0. The maximum atomic E-state index is 12.2. The second-order valence-electron chi connectivity index (χ2n) is 9.22. The van der Waals surface area contributed by atoms with E-state index in [1.807, 2.05) is 0 Å². The Morgan fingerprint density at radius 1 is 0.735 bits per heavy atom. The molecule has 0 N–H and O–H groups in total. The average Bonchev–Trinajstić information content (AvgIpc) is 2.83. The summed E-state index contributed by atoms with van der Waals surface area (Å²) in [4.78, 5) is 27.4. The molecule has 2 saturated heterocycles. The summed E-state index contributed by atoms with van der Waals surface area (Å²) in [7, 11) is 6.79. The molecule has 2 amide bonds. The highest BCUT2D eigenvalue weighted by Crippen LogP contribution is 2.30. The summed E-state index contributed by atoms with van der Waals surface area (Å²) in [6, 6.07) is 8.59. The molecular weight excluding hydrogens is 476 g/mol. The number of thioether (sulfide) groups is 2. The molecule has 10 heteroatoms. The van der Waals surface area contributed by atoms with E-state index in [2.05, 4.69) is 24.3 Å². The summed E-state index contributed by atoms with van der Waals surface area (Å²) in [6.07, 6.45) is 0. The lowest BCUT2D eigenvalue weighted by Gasteiger charge is -2.37. The number of rotatable bonds is 8. The predicted molar refractivity (Wildman–Crippen MR) is 135 cm³/mol. The Bertz CT molecular complexity index is 763. The Hall–Kier alpha value is -1.30. The summed E-state index contributed by atoms with van der Waals surface area (Å²) in [5.41, 5.74) is 2.47. The minimum absolute atomic E-state index is 0.174. The van der Waals surface area contributed by atoms with Crippen LogP contribution in [0.15, 0.2) is 24.3 Å². The van der Waals surface area contributed by atoms with Crippen molar-refractivity contribution in [2.75, 3.05) is 54.6 Å². The van der Waals surface area contributed by atoms with Crippen molar-refractivity contribution in [3.63, 3.8) is 0 Å². The van der Waals surface area contributed by atoms with Crippen molar-refractivity contribution in [1.82, 2.24) is 9.80 Å². The molecule has 0 spiro atoms. The number of amides is 2. The van der Waals surface area contributed by atoms with Crippen molar-refractivity contribution in [2.24, 2.45) is 0 Å². The first-order valence-corrected chi connectivity index (χ1v) is 13.4. The van der Waals surface area contributed by atoms with Gasteiger partial charge in [0.1, 0.15) is 0 Å². The van der Waals surface area contributed by atoms with E-state index in [1.54, 1.807) is 65.6 Å². The SMILES string of the molecule is CN(C)C(=O)C1(C)OCC(SCc2ccc(CSC3COC(C)(C(=O)N(C)C)OC3)cc2)CO1. The summed E-state index contributed by atoms with van der Waals surface area (Å²) in [5.74, 6) is -1.01. The molecule has 2 fully saturated rings. The lowest BCUT2D eigenvalue weighted by Crippen LogP contribution is -2.53. The van der Waals surface area contributed by atoms with Crippen LogP contribution in [0.25, 0.3) is 0 Å². The van der Waals surface area contributed by atoms with Gasteiger partial charge >= 0.3 is 0 Å². The summed E-state index contributed by atoms with van der Waals surface area (Å²) < 4.78 is 23.0. The van der Waals surface area contributed by atoms with E-state index in [-0.39, 0.29) is 22.3 Å². The third-order valence-electron chi connectivity index (χ3n) is 5.76. The van der Waals surface area contributed by atoms with Gasteiger partial charge in [0.05, 0.1) is 36.9 Å². The highest BCUT2D eigenvalue weighted by Gasteiger charge is 2.42. The third kappa shape index (κ3) is 6.89. The summed E-state index contributed by atoms with van der Waals surface area (Å²) >= 11 is 3.55. The van der Waals surface area contributed by atoms with Gasteiger partial charge in [0.2, 0.25) is 11.6 Å². The molecule has 8 nitrogen and oxygen atoms in total. The standard InChI is InChI=1S/C24H36N2O6S2/c1-23(21(27)25(3)4)29-11-19(12-30-23)33-15-17-7-9-18(10-8-17)16-34-20-13-31-24(2,32-14-20)22(28)26(5)6/h7-10,19-20H,11-16H2,1-6H3. The largest absolute Gasteiger partial charge is 0.344 e. The number of likely N-dealkylation sites (N-methyl/N-ethyl adjacent to an activating group) is 2. The normalized spacial score (nSPS) is 29.5. The molecule has 1 aromatic carbocycles. The molecule has 0 radical (unpaired) electrons. The summed E-state index contributed by atoms with van der Waals surface area (Å²) in [5, 5.41) is 0.379. The molecule has 1 aromatic rings. The van der Waals surface area contributed by atoms with E-state index in [1.165, 1.54) is 20.9 Å². The molecule has 3 rings (SSSR count). The maximum absolute atomic E-state index is 12.2. The minimum Gasteiger partial charge on any atom is -0.344 e.